The topological polar surface area (TPSA) is 82.0 Å². The maximum Gasteiger partial charge on any atom is 0.357 e. The zero-order valence-electron chi connectivity index (χ0n) is 13.0. The fourth-order valence-electron chi connectivity index (χ4n) is 1.72. The molecule has 0 bridgehead atoms. The zero-order valence-corrected chi connectivity index (χ0v) is 13.8. The number of rotatable bonds is 7. The van der Waals surface area contributed by atoms with Crippen molar-refractivity contribution < 1.29 is 19.0 Å². The molecular formula is C15H17N3O4S. The highest BCUT2D eigenvalue weighted by Crippen LogP contribution is 2.26. The lowest BCUT2D eigenvalue weighted by molar-refractivity contribution is 0.0520. The first-order valence-electron chi connectivity index (χ1n) is 6.81. The first kappa shape index (κ1) is 16.8. The third-order valence-corrected chi connectivity index (χ3v) is 3.52. The van der Waals surface area contributed by atoms with E-state index in [1.165, 1.54) is 11.3 Å². The third-order valence-electron chi connectivity index (χ3n) is 2.77. The van der Waals surface area contributed by atoms with Crippen LogP contribution >= 0.6 is 11.3 Å². The Morgan fingerprint density at radius 2 is 2.13 bits per heavy atom. The highest BCUT2D eigenvalue weighted by molar-refractivity contribution is 7.13. The molecule has 1 aromatic heterocycles. The number of methoxy groups -OCH3 is 2. The van der Waals surface area contributed by atoms with Crippen LogP contribution in [-0.2, 0) is 4.74 Å². The number of anilines is 1. The lowest BCUT2D eigenvalue weighted by Crippen LogP contribution is -2.04. The van der Waals surface area contributed by atoms with E-state index in [9.17, 15) is 4.79 Å². The summed E-state index contributed by atoms with van der Waals surface area (Å²) in [7, 11) is 3.15. The van der Waals surface area contributed by atoms with Gasteiger partial charge in [0.15, 0.2) is 17.2 Å². The Balaban J connectivity index is 2.00. The van der Waals surface area contributed by atoms with Crippen LogP contribution in [0, 0.1) is 0 Å². The highest BCUT2D eigenvalue weighted by atomic mass is 32.1. The van der Waals surface area contributed by atoms with Crippen molar-refractivity contribution in [2.45, 2.75) is 6.92 Å². The van der Waals surface area contributed by atoms with Gasteiger partial charge in [-0.3, -0.25) is 5.43 Å². The largest absolute Gasteiger partial charge is 0.493 e. The Morgan fingerprint density at radius 3 is 2.83 bits per heavy atom. The molecule has 2 rings (SSSR count). The number of hydrogen-bond donors (Lipinski definition) is 1. The predicted molar refractivity (Wildman–Crippen MR) is 88.8 cm³/mol. The zero-order chi connectivity index (χ0) is 16.7. The first-order valence-corrected chi connectivity index (χ1v) is 7.69. The van der Waals surface area contributed by atoms with Gasteiger partial charge in [-0.15, -0.1) is 11.3 Å². The quantitative estimate of drug-likeness (QED) is 0.476. The summed E-state index contributed by atoms with van der Waals surface area (Å²) in [6, 6.07) is 5.44. The van der Waals surface area contributed by atoms with Crippen molar-refractivity contribution in [3.63, 3.8) is 0 Å². The van der Waals surface area contributed by atoms with Crippen LogP contribution in [0.1, 0.15) is 23.0 Å². The van der Waals surface area contributed by atoms with Gasteiger partial charge in [-0.2, -0.15) is 5.10 Å². The Morgan fingerprint density at radius 1 is 1.35 bits per heavy atom. The maximum absolute atomic E-state index is 11.5. The third kappa shape index (κ3) is 4.43. The molecule has 0 saturated carbocycles. The van der Waals surface area contributed by atoms with E-state index in [0.29, 0.717) is 23.2 Å². The van der Waals surface area contributed by atoms with Gasteiger partial charge in [0.25, 0.3) is 0 Å². The van der Waals surface area contributed by atoms with Crippen molar-refractivity contribution in [1.82, 2.24) is 4.98 Å². The number of hydrogen-bond acceptors (Lipinski definition) is 8. The summed E-state index contributed by atoms with van der Waals surface area (Å²) in [4.78, 5) is 15.6. The summed E-state index contributed by atoms with van der Waals surface area (Å²) in [6.07, 6.45) is 1.62. The Kier molecular flexibility index (Phi) is 5.93. The second-order valence-corrected chi connectivity index (χ2v) is 5.10. The molecule has 1 N–H and O–H groups in total. The smallest absolute Gasteiger partial charge is 0.357 e. The molecule has 1 aromatic carbocycles. The molecule has 0 amide bonds. The number of aromatic nitrogens is 1. The molecular weight excluding hydrogens is 318 g/mol. The van der Waals surface area contributed by atoms with Crippen molar-refractivity contribution in [2.75, 3.05) is 26.3 Å². The minimum Gasteiger partial charge on any atom is -0.493 e. The predicted octanol–water partition coefficient (Wildman–Crippen LogP) is 2.78. The van der Waals surface area contributed by atoms with Gasteiger partial charge in [0, 0.05) is 5.38 Å². The van der Waals surface area contributed by atoms with Crippen LogP contribution in [0.25, 0.3) is 0 Å². The van der Waals surface area contributed by atoms with Gasteiger partial charge >= 0.3 is 5.97 Å². The van der Waals surface area contributed by atoms with Gasteiger partial charge in [0.05, 0.1) is 27.0 Å². The number of nitrogens with one attached hydrogen (secondary N) is 1. The van der Waals surface area contributed by atoms with Crippen molar-refractivity contribution in [2.24, 2.45) is 5.10 Å². The monoisotopic (exact) mass is 335 g/mol. The average molecular weight is 335 g/mol. The van der Waals surface area contributed by atoms with Crippen molar-refractivity contribution in [1.29, 1.82) is 0 Å². The molecule has 0 spiro atoms. The molecule has 0 radical (unpaired) electrons. The van der Waals surface area contributed by atoms with Gasteiger partial charge in [-0.05, 0) is 30.7 Å². The summed E-state index contributed by atoms with van der Waals surface area (Å²) in [5, 5.41) is 6.21. The van der Waals surface area contributed by atoms with Crippen LogP contribution in [-0.4, -0.2) is 38.0 Å². The number of benzene rings is 1. The number of esters is 1. The minimum absolute atomic E-state index is 0.265. The fourth-order valence-corrected chi connectivity index (χ4v) is 2.35. The molecule has 122 valence electrons. The van der Waals surface area contributed by atoms with Gasteiger partial charge in [0.2, 0.25) is 5.13 Å². The summed E-state index contributed by atoms with van der Waals surface area (Å²) >= 11 is 1.27. The molecule has 8 heteroatoms. The van der Waals surface area contributed by atoms with E-state index in [1.54, 1.807) is 44.9 Å². The van der Waals surface area contributed by atoms with E-state index in [4.69, 9.17) is 14.2 Å². The average Bonchev–Trinajstić information content (AvgIpc) is 3.04. The molecule has 2 aromatic rings. The van der Waals surface area contributed by atoms with Gasteiger partial charge < -0.3 is 14.2 Å². The van der Waals surface area contributed by atoms with Crippen molar-refractivity contribution >= 4 is 28.7 Å². The molecule has 0 aliphatic rings. The Hall–Kier alpha value is -2.61. The second kappa shape index (κ2) is 8.14. The van der Waals surface area contributed by atoms with E-state index >= 15 is 0 Å². The molecule has 0 atom stereocenters. The molecule has 0 unspecified atom stereocenters. The summed E-state index contributed by atoms with van der Waals surface area (Å²) in [5.74, 6) is 0.826. The summed E-state index contributed by atoms with van der Waals surface area (Å²) in [6.45, 7) is 2.06. The SMILES string of the molecule is CCOC(=O)c1csc(N/N=C/c2ccc(OC)c(OC)c2)n1. The fraction of sp³-hybridized carbons (Fsp3) is 0.267. The number of nitrogens with zero attached hydrogens (tertiary/aromatic N) is 2. The van der Waals surface area contributed by atoms with E-state index in [0.717, 1.165) is 5.56 Å². The van der Waals surface area contributed by atoms with Crippen LogP contribution < -0.4 is 14.9 Å². The standard InChI is InChI=1S/C15H17N3O4S/c1-4-22-14(19)11-9-23-15(17-11)18-16-8-10-5-6-12(20-2)13(7-10)21-3/h5-9H,4H2,1-3H3,(H,17,18)/b16-8+. The summed E-state index contributed by atoms with van der Waals surface area (Å²) < 4.78 is 15.3. The lowest BCUT2D eigenvalue weighted by atomic mass is 10.2. The molecule has 0 aliphatic carbocycles. The van der Waals surface area contributed by atoms with Crippen molar-refractivity contribution in [3.05, 3.63) is 34.8 Å². The number of thiazole rings is 1. The molecule has 0 saturated heterocycles. The molecule has 0 fully saturated rings. The van der Waals surface area contributed by atoms with Gasteiger partial charge in [-0.1, -0.05) is 0 Å². The first-order chi connectivity index (χ1) is 11.2. The number of carbonyl (C=O) groups is 1. The molecule has 23 heavy (non-hydrogen) atoms. The number of hydrazone groups is 1. The van der Waals surface area contributed by atoms with E-state index in [1.807, 2.05) is 6.07 Å². The maximum atomic E-state index is 11.5. The lowest BCUT2D eigenvalue weighted by Gasteiger charge is -2.07. The van der Waals surface area contributed by atoms with Crippen LogP contribution in [0.15, 0.2) is 28.7 Å². The normalized spacial score (nSPS) is 10.6. The van der Waals surface area contributed by atoms with E-state index in [2.05, 4.69) is 15.5 Å². The van der Waals surface area contributed by atoms with E-state index in [-0.39, 0.29) is 5.69 Å². The van der Waals surface area contributed by atoms with Gasteiger partial charge in [-0.25, -0.2) is 9.78 Å². The second-order valence-electron chi connectivity index (χ2n) is 4.24. The molecule has 1 heterocycles. The Labute approximate surface area is 137 Å². The van der Waals surface area contributed by atoms with E-state index < -0.39 is 5.97 Å². The molecule has 7 nitrogen and oxygen atoms in total. The number of carbonyl (C=O) groups excluding carboxylic acids is 1. The number of ether oxygens (including phenoxy) is 3. The minimum atomic E-state index is -0.444. The molecule has 0 aliphatic heterocycles. The van der Waals surface area contributed by atoms with Crippen LogP contribution in [0.4, 0.5) is 5.13 Å². The van der Waals surface area contributed by atoms with Crippen molar-refractivity contribution in [3.8, 4) is 11.5 Å². The van der Waals surface area contributed by atoms with Crippen LogP contribution in [0.5, 0.6) is 11.5 Å². The Bertz CT molecular complexity index is 700. The van der Waals surface area contributed by atoms with Crippen LogP contribution in [0.2, 0.25) is 0 Å². The van der Waals surface area contributed by atoms with Crippen LogP contribution in [0.3, 0.4) is 0 Å². The summed E-state index contributed by atoms with van der Waals surface area (Å²) in [5.41, 5.74) is 3.87. The highest BCUT2D eigenvalue weighted by Gasteiger charge is 2.10. The van der Waals surface area contributed by atoms with Gasteiger partial charge in [0.1, 0.15) is 0 Å².